The van der Waals surface area contributed by atoms with Gasteiger partial charge in [-0.05, 0) is 42.7 Å². The van der Waals surface area contributed by atoms with Crippen LogP contribution < -0.4 is 21.1 Å². The fraction of sp³-hybridized carbons (Fsp3) is 0.571. The number of carbonyl (C=O) groups is 3. The van der Waals surface area contributed by atoms with Crippen molar-refractivity contribution in [3.8, 4) is 0 Å². The van der Waals surface area contributed by atoms with Crippen molar-refractivity contribution in [3.05, 3.63) is 65.7 Å². The molecule has 0 unspecified atom stereocenters. The molecule has 2 aromatic carbocycles. The largest absolute Gasteiger partial charge is 0.445 e. The first-order chi connectivity index (χ1) is 25.3. The van der Waals surface area contributed by atoms with E-state index in [1.807, 2.05) is 30.3 Å². The first-order valence-corrected chi connectivity index (χ1v) is 18.9. The Morgan fingerprint density at radius 2 is 1.06 bits per heavy atom. The van der Waals surface area contributed by atoms with E-state index in [-0.39, 0.29) is 29.9 Å². The van der Waals surface area contributed by atoms with Crippen LogP contribution in [0.1, 0.15) is 41.6 Å². The summed E-state index contributed by atoms with van der Waals surface area (Å²) in [5.41, 5.74) is 1.28. The molecule has 0 heterocycles. The molecule has 0 saturated carbocycles. The molecule has 0 aliphatic rings. The van der Waals surface area contributed by atoms with Crippen molar-refractivity contribution in [1.29, 1.82) is 0 Å². The van der Waals surface area contributed by atoms with Gasteiger partial charge < -0.3 is 49.1 Å². The SMILES string of the molecule is NS(=O)(=O)c1ccc(C(=O)NCCCCCCNC(=O)COCCOCCOCCOCCOCCOCCNC(=O)OCc2ccccc2)cc1. The Kier molecular flexibility index (Phi) is 24.7. The van der Waals surface area contributed by atoms with Crippen LogP contribution in [0.2, 0.25) is 0 Å². The third kappa shape index (κ3) is 23.7. The number of nitrogens with two attached hydrogens (primary N) is 1. The summed E-state index contributed by atoms with van der Waals surface area (Å²) >= 11 is 0. The normalized spacial score (nSPS) is 11.2. The van der Waals surface area contributed by atoms with Gasteiger partial charge in [-0.1, -0.05) is 43.2 Å². The molecule has 0 saturated heterocycles. The van der Waals surface area contributed by atoms with E-state index < -0.39 is 16.1 Å². The maximum Gasteiger partial charge on any atom is 0.407 e. The molecule has 5 N–H and O–H groups in total. The van der Waals surface area contributed by atoms with Gasteiger partial charge in [-0.15, -0.1) is 0 Å². The molecule has 0 fully saturated rings. The van der Waals surface area contributed by atoms with Crippen LogP contribution in [0.5, 0.6) is 0 Å². The summed E-state index contributed by atoms with van der Waals surface area (Å²) in [6, 6.07) is 14.9. The Balaban J connectivity index is 1.23. The second kappa shape index (κ2) is 28.9. The van der Waals surface area contributed by atoms with E-state index in [1.165, 1.54) is 24.3 Å². The third-order valence-corrected chi connectivity index (χ3v) is 7.91. The van der Waals surface area contributed by atoms with Crippen LogP contribution in [0.4, 0.5) is 4.79 Å². The molecular formula is C35H54N4O12S. The molecule has 16 nitrogen and oxygen atoms in total. The van der Waals surface area contributed by atoms with Crippen molar-refractivity contribution >= 4 is 27.9 Å². The summed E-state index contributed by atoms with van der Waals surface area (Å²) in [7, 11) is -3.79. The predicted octanol–water partition coefficient (Wildman–Crippen LogP) is 1.77. The number of unbranched alkanes of at least 4 members (excludes halogenated alkanes) is 3. The van der Waals surface area contributed by atoms with Crippen LogP contribution in [0.25, 0.3) is 0 Å². The molecule has 2 aromatic rings. The van der Waals surface area contributed by atoms with Crippen LogP contribution in [0.15, 0.2) is 59.5 Å². The molecular weight excluding hydrogens is 700 g/mol. The smallest absolute Gasteiger partial charge is 0.407 e. The van der Waals surface area contributed by atoms with Crippen molar-refractivity contribution in [2.24, 2.45) is 5.14 Å². The summed E-state index contributed by atoms with van der Waals surface area (Å²) in [4.78, 5) is 35.6. The van der Waals surface area contributed by atoms with Gasteiger partial charge in [0.25, 0.3) is 5.91 Å². The van der Waals surface area contributed by atoms with E-state index in [9.17, 15) is 22.8 Å². The minimum atomic E-state index is -3.79. The lowest BCUT2D eigenvalue weighted by molar-refractivity contribution is -0.126. The highest BCUT2D eigenvalue weighted by molar-refractivity contribution is 7.89. The van der Waals surface area contributed by atoms with Gasteiger partial charge in [0, 0.05) is 25.2 Å². The summed E-state index contributed by atoms with van der Waals surface area (Å²) in [5.74, 6) is -0.471. The predicted molar refractivity (Wildman–Crippen MR) is 191 cm³/mol. The van der Waals surface area contributed by atoms with Gasteiger partial charge in [0.15, 0.2) is 0 Å². The van der Waals surface area contributed by atoms with Crippen LogP contribution in [-0.2, 0) is 54.6 Å². The van der Waals surface area contributed by atoms with Crippen molar-refractivity contribution < 1.29 is 56.0 Å². The van der Waals surface area contributed by atoms with Gasteiger partial charge in [-0.25, -0.2) is 18.4 Å². The van der Waals surface area contributed by atoms with Crippen LogP contribution in [0.3, 0.4) is 0 Å². The molecule has 0 bridgehead atoms. The van der Waals surface area contributed by atoms with Gasteiger partial charge >= 0.3 is 6.09 Å². The molecule has 0 spiro atoms. The van der Waals surface area contributed by atoms with E-state index in [0.717, 1.165) is 31.2 Å². The fourth-order valence-corrected chi connectivity index (χ4v) is 4.76. The molecule has 0 aromatic heterocycles. The van der Waals surface area contributed by atoms with Gasteiger partial charge in [0.1, 0.15) is 13.2 Å². The summed E-state index contributed by atoms with van der Waals surface area (Å²) < 4.78 is 60.2. The van der Waals surface area contributed by atoms with Gasteiger partial charge in [-0.3, -0.25) is 9.59 Å². The lowest BCUT2D eigenvalue weighted by atomic mass is 10.2. The molecule has 3 amide bonds. The highest BCUT2D eigenvalue weighted by Gasteiger charge is 2.10. The first kappa shape index (κ1) is 44.5. The van der Waals surface area contributed by atoms with Gasteiger partial charge in [0.05, 0.1) is 77.6 Å². The Morgan fingerprint density at radius 1 is 0.558 bits per heavy atom. The van der Waals surface area contributed by atoms with Crippen LogP contribution in [0, 0.1) is 0 Å². The molecule has 0 atom stereocenters. The molecule has 2 rings (SSSR count). The number of carbonyl (C=O) groups excluding carboxylic acids is 3. The number of primary sulfonamides is 1. The highest BCUT2D eigenvalue weighted by atomic mass is 32.2. The topological polar surface area (TPSA) is 212 Å². The Morgan fingerprint density at radius 3 is 1.60 bits per heavy atom. The number of nitrogens with one attached hydrogen (secondary N) is 3. The van der Waals surface area contributed by atoms with E-state index >= 15 is 0 Å². The minimum absolute atomic E-state index is 0.0381. The number of hydrogen-bond acceptors (Lipinski definition) is 12. The zero-order valence-electron chi connectivity index (χ0n) is 29.7. The average molecular weight is 755 g/mol. The molecule has 52 heavy (non-hydrogen) atoms. The lowest BCUT2D eigenvalue weighted by Crippen LogP contribution is -2.29. The standard InChI is InChI=1S/C35H54N4O12S/c36-52(43,44)32-12-10-31(11-13-32)34(41)38-15-7-2-1-6-14-37-33(40)29-50-27-26-49-25-24-48-23-22-47-21-20-46-19-18-45-17-16-39-35(42)51-28-30-8-4-3-5-9-30/h3-5,8-13H,1-2,6-7,14-29H2,(H,37,40)(H,38,41)(H,39,42)(H2,36,43,44). The van der Waals surface area contributed by atoms with Gasteiger partial charge in [0.2, 0.25) is 15.9 Å². The maximum absolute atomic E-state index is 12.1. The zero-order valence-corrected chi connectivity index (χ0v) is 30.5. The van der Waals surface area contributed by atoms with Crippen molar-refractivity contribution in [2.75, 3.05) is 98.9 Å². The van der Waals surface area contributed by atoms with E-state index in [2.05, 4.69) is 16.0 Å². The lowest BCUT2D eigenvalue weighted by Gasteiger charge is -2.09. The molecule has 0 aliphatic heterocycles. The van der Waals surface area contributed by atoms with E-state index in [0.29, 0.717) is 97.9 Å². The molecule has 17 heteroatoms. The second-order valence-electron chi connectivity index (χ2n) is 11.2. The maximum atomic E-state index is 12.1. The van der Waals surface area contributed by atoms with Crippen molar-refractivity contribution in [1.82, 2.24) is 16.0 Å². The number of rotatable bonds is 31. The molecule has 0 radical (unpaired) electrons. The fourth-order valence-electron chi connectivity index (χ4n) is 4.25. The highest BCUT2D eigenvalue weighted by Crippen LogP contribution is 2.09. The molecule has 292 valence electrons. The van der Waals surface area contributed by atoms with Crippen LogP contribution >= 0.6 is 0 Å². The second-order valence-corrected chi connectivity index (χ2v) is 12.8. The molecule has 0 aliphatic carbocycles. The summed E-state index contributed by atoms with van der Waals surface area (Å²) in [6.07, 6.45) is 2.88. The Bertz CT molecular complexity index is 1350. The Labute approximate surface area is 306 Å². The monoisotopic (exact) mass is 754 g/mol. The minimum Gasteiger partial charge on any atom is -0.445 e. The van der Waals surface area contributed by atoms with E-state index in [1.54, 1.807) is 0 Å². The number of hydrogen-bond donors (Lipinski definition) is 4. The summed E-state index contributed by atoms with van der Waals surface area (Å²) in [5, 5.41) is 13.3. The van der Waals surface area contributed by atoms with Crippen LogP contribution in [-0.4, -0.2) is 125 Å². The van der Waals surface area contributed by atoms with Gasteiger partial charge in [-0.2, -0.15) is 0 Å². The number of benzene rings is 2. The number of alkyl carbamates (subject to hydrolysis) is 1. The average Bonchev–Trinajstić information content (AvgIpc) is 3.14. The Hall–Kier alpha value is -3.68. The van der Waals surface area contributed by atoms with E-state index in [4.69, 9.17) is 38.3 Å². The third-order valence-electron chi connectivity index (χ3n) is 6.98. The zero-order chi connectivity index (χ0) is 37.5. The first-order valence-electron chi connectivity index (χ1n) is 17.3. The van der Waals surface area contributed by atoms with Crippen molar-refractivity contribution in [3.63, 3.8) is 0 Å². The number of ether oxygens (including phenoxy) is 7. The summed E-state index contributed by atoms with van der Waals surface area (Å²) in [6.45, 7) is 5.97. The number of amides is 3. The quantitative estimate of drug-likeness (QED) is 0.0812. The number of sulfonamides is 1. The van der Waals surface area contributed by atoms with Crippen molar-refractivity contribution in [2.45, 2.75) is 37.2 Å².